The van der Waals surface area contributed by atoms with Crippen LogP contribution in [0.15, 0.2) is 146 Å². The Morgan fingerprint density at radius 3 is 1.08 bits per heavy atom. The SMILES string of the molecule is CC/C=C\C/C=C\C/C=C\C/C=C\C/C=C\C/C=C\C/C=C\CCCCCC(=O)OC(COC(=O)CCCCCCCCCCC/C=C\C/C=C\C/C=C\C/C=C\C/C=C\CC)COC(OCC[N+](C)(C)C)C(=O)O. The fourth-order valence-corrected chi connectivity index (χ4v) is 7.19. The van der Waals surface area contributed by atoms with Gasteiger partial charge < -0.3 is 28.5 Å². The van der Waals surface area contributed by atoms with E-state index >= 15 is 0 Å². The van der Waals surface area contributed by atoms with Crippen LogP contribution < -0.4 is 0 Å². The second kappa shape index (κ2) is 55.4. The van der Waals surface area contributed by atoms with E-state index in [0.29, 0.717) is 17.4 Å². The molecule has 0 aliphatic carbocycles. The maximum Gasteiger partial charge on any atom is 0.361 e. The first-order valence-electron chi connectivity index (χ1n) is 29.0. The van der Waals surface area contributed by atoms with Crippen LogP contribution in [0.3, 0.4) is 0 Å². The van der Waals surface area contributed by atoms with Crippen molar-refractivity contribution >= 4 is 17.9 Å². The molecule has 422 valence electrons. The Morgan fingerprint density at radius 1 is 0.400 bits per heavy atom. The smallest absolute Gasteiger partial charge is 0.361 e. The molecule has 0 aromatic rings. The Morgan fingerprint density at radius 2 is 0.720 bits per heavy atom. The van der Waals surface area contributed by atoms with Gasteiger partial charge in [-0.3, -0.25) is 9.59 Å². The Kier molecular flexibility index (Phi) is 51.8. The summed E-state index contributed by atoms with van der Waals surface area (Å²) in [5.41, 5.74) is 0. The number of hydrogen-bond acceptors (Lipinski definition) is 7. The van der Waals surface area contributed by atoms with Gasteiger partial charge in [-0.05, 0) is 116 Å². The number of nitrogens with zero attached hydrogens (tertiary/aromatic N) is 1. The van der Waals surface area contributed by atoms with E-state index in [2.05, 4.69) is 160 Å². The normalized spacial score (nSPS) is 13.9. The first-order valence-corrected chi connectivity index (χ1v) is 29.0. The van der Waals surface area contributed by atoms with Gasteiger partial charge in [0, 0.05) is 12.8 Å². The minimum absolute atomic E-state index is 0.171. The maximum absolute atomic E-state index is 12.9. The van der Waals surface area contributed by atoms with Crippen molar-refractivity contribution in [3.63, 3.8) is 0 Å². The molecule has 0 aromatic carbocycles. The van der Waals surface area contributed by atoms with Crippen LogP contribution in [0.1, 0.15) is 194 Å². The number of carbonyl (C=O) groups excluding carboxylic acids is 2. The zero-order valence-electron chi connectivity index (χ0n) is 47.9. The Labute approximate surface area is 458 Å². The van der Waals surface area contributed by atoms with Crippen LogP contribution in [-0.4, -0.2) is 87.4 Å². The summed E-state index contributed by atoms with van der Waals surface area (Å²) >= 11 is 0. The lowest BCUT2D eigenvalue weighted by molar-refractivity contribution is -0.870. The second-order valence-corrected chi connectivity index (χ2v) is 19.8. The van der Waals surface area contributed by atoms with Gasteiger partial charge in [-0.25, -0.2) is 4.79 Å². The maximum atomic E-state index is 12.9. The van der Waals surface area contributed by atoms with Crippen molar-refractivity contribution in [3.8, 4) is 0 Å². The van der Waals surface area contributed by atoms with E-state index in [1.807, 2.05) is 21.1 Å². The lowest BCUT2D eigenvalue weighted by atomic mass is 10.1. The molecule has 0 heterocycles. The lowest BCUT2D eigenvalue weighted by Crippen LogP contribution is -2.40. The van der Waals surface area contributed by atoms with Gasteiger partial charge in [-0.1, -0.05) is 211 Å². The van der Waals surface area contributed by atoms with E-state index in [-0.39, 0.29) is 38.6 Å². The third-order valence-corrected chi connectivity index (χ3v) is 11.6. The van der Waals surface area contributed by atoms with Crippen molar-refractivity contribution in [3.05, 3.63) is 146 Å². The molecule has 0 saturated heterocycles. The summed E-state index contributed by atoms with van der Waals surface area (Å²) in [5.74, 6) is -2.08. The number of aliphatic carboxylic acids is 1. The van der Waals surface area contributed by atoms with Crippen LogP contribution in [0.5, 0.6) is 0 Å². The average Bonchev–Trinajstić information content (AvgIpc) is 3.38. The molecule has 1 N–H and O–H groups in total. The molecule has 0 bridgehead atoms. The number of unbranched alkanes of at least 4 members (excludes halogenated alkanes) is 12. The van der Waals surface area contributed by atoms with Crippen LogP contribution in [0, 0.1) is 0 Å². The van der Waals surface area contributed by atoms with Gasteiger partial charge in [0.25, 0.3) is 6.29 Å². The van der Waals surface area contributed by atoms with Crippen molar-refractivity contribution in [2.75, 3.05) is 47.5 Å². The summed E-state index contributed by atoms with van der Waals surface area (Å²) in [6.07, 6.45) is 77.7. The predicted molar refractivity (Wildman–Crippen MR) is 317 cm³/mol. The number of esters is 2. The van der Waals surface area contributed by atoms with Crippen molar-refractivity contribution in [1.29, 1.82) is 0 Å². The molecular formula is C66H106NO8+. The molecule has 0 saturated carbocycles. The standard InChI is InChI=1S/C66H105NO8/c1-6-8-10-12-14-16-18-20-22-24-26-28-30-32-34-36-38-40-42-44-46-48-50-52-54-56-63(68)73-60-62(61-74-66(65(70)71)72-59-58-67(3,4)5)75-64(69)57-55-53-51-49-47-45-43-41-39-37-35-33-31-29-27-25-23-21-19-17-15-13-11-9-7-2/h8-11,14-17,20-23,26-29,32-35,39,41,45,47,62,66H,6-7,12-13,18-19,24-25,30-31,36-38,40,42-44,46,48-61H2,1-5H3/p+1/b10-8-,11-9-,16-14-,17-15-,22-20-,23-21-,28-26-,29-27-,34-32-,35-33-,41-39-,47-45-. The van der Waals surface area contributed by atoms with Crippen LogP contribution >= 0.6 is 0 Å². The van der Waals surface area contributed by atoms with Gasteiger partial charge >= 0.3 is 17.9 Å². The summed E-state index contributed by atoms with van der Waals surface area (Å²) < 4.78 is 22.8. The van der Waals surface area contributed by atoms with E-state index < -0.39 is 24.3 Å². The number of hydrogen-bond donors (Lipinski definition) is 1. The predicted octanol–water partition coefficient (Wildman–Crippen LogP) is 17.2. The minimum Gasteiger partial charge on any atom is -0.477 e. The monoisotopic (exact) mass is 1040 g/mol. The molecule has 2 unspecified atom stereocenters. The minimum atomic E-state index is -1.53. The summed E-state index contributed by atoms with van der Waals surface area (Å²) in [5, 5.41) is 9.71. The molecule has 2 atom stereocenters. The highest BCUT2D eigenvalue weighted by atomic mass is 16.7. The summed E-state index contributed by atoms with van der Waals surface area (Å²) in [4.78, 5) is 37.4. The fraction of sp³-hybridized carbons (Fsp3) is 0.591. The summed E-state index contributed by atoms with van der Waals surface area (Å²) in [6.45, 7) is 4.58. The molecule has 0 aliphatic rings. The van der Waals surface area contributed by atoms with E-state index in [4.69, 9.17) is 18.9 Å². The fourth-order valence-electron chi connectivity index (χ4n) is 7.19. The average molecular weight is 1040 g/mol. The Bertz CT molecular complexity index is 1730. The van der Waals surface area contributed by atoms with Gasteiger partial charge in [-0.15, -0.1) is 0 Å². The highest BCUT2D eigenvalue weighted by Gasteiger charge is 2.25. The van der Waals surface area contributed by atoms with E-state index in [9.17, 15) is 19.5 Å². The van der Waals surface area contributed by atoms with Crippen molar-refractivity contribution in [1.82, 2.24) is 0 Å². The highest BCUT2D eigenvalue weighted by Crippen LogP contribution is 2.14. The number of carbonyl (C=O) groups is 3. The van der Waals surface area contributed by atoms with Gasteiger partial charge in [0.2, 0.25) is 0 Å². The third kappa shape index (κ3) is 56.7. The Balaban J connectivity index is 4.38. The van der Waals surface area contributed by atoms with Crippen molar-refractivity contribution in [2.45, 2.75) is 206 Å². The molecule has 0 fully saturated rings. The number of rotatable bonds is 51. The molecule has 0 spiro atoms. The highest BCUT2D eigenvalue weighted by molar-refractivity contribution is 5.71. The molecular weight excluding hydrogens is 935 g/mol. The van der Waals surface area contributed by atoms with Gasteiger partial charge in [-0.2, -0.15) is 0 Å². The topological polar surface area (TPSA) is 108 Å². The molecule has 0 aliphatic heterocycles. The number of carboxylic acids is 1. The number of carboxylic acid groups (broad SMARTS) is 1. The van der Waals surface area contributed by atoms with E-state index in [1.54, 1.807) is 0 Å². The molecule has 0 aromatic heterocycles. The van der Waals surface area contributed by atoms with Crippen LogP contribution in [0.2, 0.25) is 0 Å². The quantitative estimate of drug-likeness (QED) is 0.0211. The van der Waals surface area contributed by atoms with Crippen LogP contribution in [0.25, 0.3) is 0 Å². The third-order valence-electron chi connectivity index (χ3n) is 11.6. The van der Waals surface area contributed by atoms with Gasteiger partial charge in [0.15, 0.2) is 6.10 Å². The summed E-state index contributed by atoms with van der Waals surface area (Å²) in [7, 11) is 5.94. The van der Waals surface area contributed by atoms with E-state index in [1.165, 1.54) is 32.1 Å². The molecule has 0 radical (unpaired) electrons. The lowest BCUT2D eigenvalue weighted by Gasteiger charge is -2.25. The molecule has 0 amide bonds. The summed E-state index contributed by atoms with van der Waals surface area (Å²) in [6, 6.07) is 0. The van der Waals surface area contributed by atoms with Crippen molar-refractivity contribution < 1.29 is 42.9 Å². The Hall–Kier alpha value is -4.83. The number of likely N-dealkylation sites (N-methyl/N-ethyl adjacent to an activating group) is 1. The van der Waals surface area contributed by atoms with Gasteiger partial charge in [0.1, 0.15) is 13.2 Å². The van der Waals surface area contributed by atoms with Crippen LogP contribution in [0.4, 0.5) is 0 Å². The first kappa shape index (κ1) is 70.2. The second-order valence-electron chi connectivity index (χ2n) is 19.8. The van der Waals surface area contributed by atoms with E-state index in [0.717, 1.165) is 128 Å². The molecule has 9 nitrogen and oxygen atoms in total. The molecule has 0 rings (SSSR count). The number of ether oxygens (including phenoxy) is 4. The number of quaternary nitrogens is 1. The van der Waals surface area contributed by atoms with Crippen molar-refractivity contribution in [2.24, 2.45) is 0 Å². The first-order chi connectivity index (χ1) is 36.6. The zero-order valence-corrected chi connectivity index (χ0v) is 47.9. The molecule has 9 heteroatoms. The zero-order chi connectivity index (χ0) is 54.8. The largest absolute Gasteiger partial charge is 0.477 e. The van der Waals surface area contributed by atoms with Crippen LogP contribution in [-0.2, 0) is 33.3 Å². The number of allylic oxidation sites excluding steroid dienone is 24. The molecule has 75 heavy (non-hydrogen) atoms. The van der Waals surface area contributed by atoms with Gasteiger partial charge in [0.05, 0.1) is 34.4 Å².